The monoisotopic (exact) mass is 539 g/mol. The Hall–Kier alpha value is -5.04. The summed E-state index contributed by atoms with van der Waals surface area (Å²) in [6, 6.07) is 17.3. The van der Waals surface area contributed by atoms with Crippen LogP contribution in [0.2, 0.25) is 0 Å². The number of amides is 3. The maximum Gasteiger partial charge on any atom is 0.361 e. The molecule has 2 unspecified atom stereocenters. The van der Waals surface area contributed by atoms with Gasteiger partial charge in [0.1, 0.15) is 0 Å². The minimum atomic E-state index is -3.29. The van der Waals surface area contributed by atoms with Crippen LogP contribution in [0.15, 0.2) is 79.3 Å². The zero-order valence-corrected chi connectivity index (χ0v) is 21.6. The fraction of sp³-hybridized carbons (Fsp3) is 0.143. The molecule has 1 aliphatic rings. The van der Waals surface area contributed by atoms with Crippen LogP contribution in [0.3, 0.4) is 0 Å². The molecule has 0 radical (unpaired) electrons. The lowest BCUT2D eigenvalue weighted by Crippen LogP contribution is -3.16. The van der Waals surface area contributed by atoms with Gasteiger partial charge in [0.2, 0.25) is 5.95 Å². The molecular weight excluding hydrogens is 514 g/mol. The SMILES string of the molecule is Cc1ccc(NC(=O)c2ccc(CN3C(=O)C([O-])(O)C(=O)[NH+]3C)cc2)cc1Nc1nccc(-c2cccnc2)n1. The van der Waals surface area contributed by atoms with Crippen molar-refractivity contribution in [3.8, 4) is 11.3 Å². The highest BCUT2D eigenvalue weighted by molar-refractivity contribution is 6.05. The number of pyridine rings is 1. The van der Waals surface area contributed by atoms with Crippen LogP contribution in [-0.2, 0) is 16.1 Å². The van der Waals surface area contributed by atoms with Crippen LogP contribution in [0.5, 0.6) is 0 Å². The first-order valence-electron chi connectivity index (χ1n) is 12.3. The van der Waals surface area contributed by atoms with Crippen molar-refractivity contribution in [3.05, 3.63) is 95.9 Å². The molecule has 1 saturated heterocycles. The summed E-state index contributed by atoms with van der Waals surface area (Å²) in [5.74, 6) is -5.63. The summed E-state index contributed by atoms with van der Waals surface area (Å²) in [4.78, 5) is 49.9. The molecule has 1 fully saturated rings. The number of carbonyl (C=O) groups excluding carboxylic acids is 3. The molecule has 202 valence electrons. The van der Waals surface area contributed by atoms with Gasteiger partial charge in [-0.05, 0) is 60.5 Å². The third kappa shape index (κ3) is 5.27. The molecule has 3 heterocycles. The Morgan fingerprint density at radius 1 is 1.10 bits per heavy atom. The number of anilines is 3. The van der Waals surface area contributed by atoms with Crippen molar-refractivity contribution >= 4 is 35.0 Å². The standard InChI is InChI=1S/C28H24N7O5/c1-17-5-10-21(14-23(17)33-27-30-13-11-22(32-27)20-4-3-12-29-15-20)31-24(36)19-8-6-18(7-9-19)16-35-26(38)28(39,40)25(37)34(35)2/h3-15,39H,16H2,1-2H3,(H,31,36)(H,30,32,33)/q-1/p+1. The van der Waals surface area contributed by atoms with E-state index in [9.17, 15) is 24.6 Å². The Bertz CT molecular complexity index is 1590. The normalized spacial score (nSPS) is 18.6. The first-order chi connectivity index (χ1) is 19.1. The number of benzene rings is 2. The number of hydrogen-bond acceptors (Lipinski definition) is 9. The number of aliphatic hydroxyl groups is 1. The van der Waals surface area contributed by atoms with Gasteiger partial charge in [-0.25, -0.2) is 14.8 Å². The average Bonchev–Trinajstić information content (AvgIpc) is 3.10. The molecule has 0 bridgehead atoms. The largest absolute Gasteiger partial charge is 0.811 e. The molecule has 5 rings (SSSR count). The van der Waals surface area contributed by atoms with Crippen LogP contribution in [-0.4, -0.2) is 55.6 Å². The second-order valence-corrected chi connectivity index (χ2v) is 9.26. The summed E-state index contributed by atoms with van der Waals surface area (Å²) in [7, 11) is 1.31. The van der Waals surface area contributed by atoms with E-state index in [1.807, 2.05) is 25.1 Å². The van der Waals surface area contributed by atoms with E-state index in [-0.39, 0.29) is 17.5 Å². The van der Waals surface area contributed by atoms with Crippen molar-refractivity contribution in [2.24, 2.45) is 0 Å². The quantitative estimate of drug-likeness (QED) is 0.190. The fourth-order valence-corrected chi connectivity index (χ4v) is 4.19. The number of nitrogens with zero attached hydrogens (tertiary/aromatic N) is 4. The van der Waals surface area contributed by atoms with Crippen molar-refractivity contribution < 1.29 is 29.6 Å². The van der Waals surface area contributed by atoms with E-state index < -0.39 is 17.6 Å². The van der Waals surface area contributed by atoms with Gasteiger partial charge in [-0.2, -0.15) is 10.0 Å². The van der Waals surface area contributed by atoms with Gasteiger partial charge >= 0.3 is 5.91 Å². The van der Waals surface area contributed by atoms with Crippen molar-refractivity contribution in [1.82, 2.24) is 20.0 Å². The van der Waals surface area contributed by atoms with E-state index in [1.165, 1.54) is 7.05 Å². The molecule has 3 amide bonds. The van der Waals surface area contributed by atoms with E-state index in [2.05, 4.69) is 25.6 Å². The highest BCUT2D eigenvalue weighted by atomic mass is 16.5. The topological polar surface area (TPSA) is 165 Å². The lowest BCUT2D eigenvalue weighted by molar-refractivity contribution is -0.910. The van der Waals surface area contributed by atoms with Gasteiger partial charge in [-0.3, -0.25) is 14.6 Å². The second-order valence-electron chi connectivity index (χ2n) is 9.26. The fourth-order valence-electron chi connectivity index (χ4n) is 4.19. The van der Waals surface area contributed by atoms with Crippen molar-refractivity contribution in [1.29, 1.82) is 0 Å². The zero-order chi connectivity index (χ0) is 28.4. The van der Waals surface area contributed by atoms with E-state index in [4.69, 9.17) is 0 Å². The van der Waals surface area contributed by atoms with E-state index >= 15 is 0 Å². The van der Waals surface area contributed by atoms with Crippen molar-refractivity contribution in [2.45, 2.75) is 19.3 Å². The molecule has 1 aliphatic heterocycles. The number of likely N-dealkylation sites (N-methyl/N-ethyl adjacent to an activating group) is 1. The van der Waals surface area contributed by atoms with Crippen LogP contribution < -0.4 is 20.7 Å². The molecule has 0 saturated carbocycles. The molecule has 0 aliphatic carbocycles. The minimum absolute atomic E-state index is 0.0834. The Labute approximate surface area is 228 Å². The second kappa shape index (κ2) is 10.6. The lowest BCUT2D eigenvalue weighted by Gasteiger charge is -2.20. The molecule has 2 aromatic heterocycles. The Morgan fingerprint density at radius 2 is 1.88 bits per heavy atom. The zero-order valence-electron chi connectivity index (χ0n) is 21.6. The predicted octanol–water partition coefficient (Wildman–Crippen LogP) is 0.190. The highest BCUT2D eigenvalue weighted by Gasteiger charge is 2.53. The summed E-state index contributed by atoms with van der Waals surface area (Å²) in [5.41, 5.74) is 4.69. The predicted molar refractivity (Wildman–Crippen MR) is 142 cm³/mol. The minimum Gasteiger partial charge on any atom is -0.811 e. The van der Waals surface area contributed by atoms with Gasteiger partial charge in [-0.1, -0.05) is 18.2 Å². The number of aromatic nitrogens is 3. The maximum atomic E-state index is 12.9. The van der Waals surface area contributed by atoms with Crippen LogP contribution >= 0.6 is 0 Å². The summed E-state index contributed by atoms with van der Waals surface area (Å²) in [6.07, 6.45) is 5.06. The molecule has 0 spiro atoms. The first-order valence-corrected chi connectivity index (χ1v) is 12.3. The van der Waals surface area contributed by atoms with Gasteiger partial charge in [0, 0.05) is 41.1 Å². The van der Waals surface area contributed by atoms with E-state index in [0.717, 1.165) is 16.1 Å². The Kier molecular flexibility index (Phi) is 7.05. The number of quaternary nitrogens is 1. The highest BCUT2D eigenvalue weighted by Crippen LogP contribution is 2.25. The molecule has 4 aromatic rings. The first kappa shape index (κ1) is 26.6. The lowest BCUT2D eigenvalue weighted by atomic mass is 10.1. The molecule has 40 heavy (non-hydrogen) atoms. The third-order valence-corrected chi connectivity index (χ3v) is 6.49. The smallest absolute Gasteiger partial charge is 0.361 e. The molecule has 12 nitrogen and oxygen atoms in total. The van der Waals surface area contributed by atoms with Gasteiger partial charge in [0.25, 0.3) is 11.8 Å². The summed E-state index contributed by atoms with van der Waals surface area (Å²) in [6.45, 7) is 1.84. The van der Waals surface area contributed by atoms with E-state index in [1.54, 1.807) is 61.1 Å². The van der Waals surface area contributed by atoms with Crippen LogP contribution in [0.25, 0.3) is 11.3 Å². The Morgan fingerprint density at radius 3 is 2.55 bits per heavy atom. The number of aryl methyl sites for hydroxylation is 1. The number of hydrogen-bond donors (Lipinski definition) is 4. The maximum absolute atomic E-state index is 12.9. The molecule has 2 atom stereocenters. The number of rotatable bonds is 7. The molecular formula is C28H25N7O5. The molecule has 12 heteroatoms. The van der Waals surface area contributed by atoms with Crippen LogP contribution in [0.4, 0.5) is 17.3 Å². The average molecular weight is 540 g/mol. The van der Waals surface area contributed by atoms with Gasteiger partial charge in [-0.15, -0.1) is 0 Å². The van der Waals surface area contributed by atoms with Gasteiger partial charge < -0.3 is 20.8 Å². The van der Waals surface area contributed by atoms with Crippen molar-refractivity contribution in [3.63, 3.8) is 0 Å². The summed E-state index contributed by atoms with van der Waals surface area (Å²) in [5, 5.41) is 28.3. The van der Waals surface area contributed by atoms with Gasteiger partial charge in [0.15, 0.2) is 5.79 Å². The summed E-state index contributed by atoms with van der Waals surface area (Å²) < 4.78 is 0. The van der Waals surface area contributed by atoms with E-state index in [0.29, 0.717) is 34.1 Å². The molecule has 4 N–H and O–H groups in total. The van der Waals surface area contributed by atoms with Gasteiger partial charge in [0.05, 0.1) is 19.3 Å². The van der Waals surface area contributed by atoms with Crippen LogP contribution in [0.1, 0.15) is 21.5 Å². The van der Waals surface area contributed by atoms with Crippen LogP contribution in [0, 0.1) is 6.92 Å². The number of carbonyl (C=O) groups is 3. The Balaban J connectivity index is 1.26. The third-order valence-electron chi connectivity index (χ3n) is 6.49. The molecule has 2 aromatic carbocycles. The number of nitrogens with one attached hydrogen (secondary N) is 3. The van der Waals surface area contributed by atoms with Crippen molar-refractivity contribution in [2.75, 3.05) is 17.7 Å². The summed E-state index contributed by atoms with van der Waals surface area (Å²) >= 11 is 0.